The molecule has 0 atom stereocenters. The van der Waals surface area contributed by atoms with Crippen LogP contribution in [-0.2, 0) is 6.18 Å². The molecule has 2 aromatic heterocycles. The van der Waals surface area contributed by atoms with Crippen LogP contribution in [0.4, 0.5) is 24.7 Å². The van der Waals surface area contributed by atoms with Crippen molar-refractivity contribution < 1.29 is 13.2 Å². The summed E-state index contributed by atoms with van der Waals surface area (Å²) in [5.41, 5.74) is 1.15. The standard InChI is InChI=1S/C24H21F3N6/c25-24(26,27)21-15-20(18-7-3-1-4-8-18)33(30-21)23-16-22(28-17-29-23)32-13-11-31(12-14-32)19-9-5-2-6-10-19/h1-10,15-17H,11-14H2. The third kappa shape index (κ3) is 4.39. The van der Waals surface area contributed by atoms with Crippen molar-refractivity contribution in [2.75, 3.05) is 36.0 Å². The van der Waals surface area contributed by atoms with E-state index >= 15 is 0 Å². The van der Waals surface area contributed by atoms with Crippen molar-refractivity contribution >= 4 is 11.5 Å². The zero-order chi connectivity index (χ0) is 22.8. The Morgan fingerprint density at radius 2 is 1.30 bits per heavy atom. The minimum atomic E-state index is -4.56. The van der Waals surface area contributed by atoms with Gasteiger partial charge in [0.15, 0.2) is 11.5 Å². The van der Waals surface area contributed by atoms with Gasteiger partial charge in [0.25, 0.3) is 0 Å². The molecule has 3 heterocycles. The number of nitrogens with zero attached hydrogens (tertiary/aromatic N) is 6. The summed E-state index contributed by atoms with van der Waals surface area (Å²) in [5, 5.41) is 3.84. The molecule has 0 aliphatic carbocycles. The van der Waals surface area contributed by atoms with E-state index in [-0.39, 0.29) is 0 Å². The maximum Gasteiger partial charge on any atom is 0.435 e. The Kier molecular flexibility index (Phi) is 5.45. The molecule has 0 N–H and O–H groups in total. The van der Waals surface area contributed by atoms with Gasteiger partial charge in [-0.3, -0.25) is 0 Å². The van der Waals surface area contributed by atoms with Crippen molar-refractivity contribution in [1.82, 2.24) is 19.7 Å². The Morgan fingerprint density at radius 3 is 1.97 bits per heavy atom. The molecule has 1 aliphatic heterocycles. The first-order valence-electron chi connectivity index (χ1n) is 10.6. The fourth-order valence-corrected chi connectivity index (χ4v) is 3.97. The number of rotatable bonds is 4. The predicted molar refractivity (Wildman–Crippen MR) is 120 cm³/mol. The molecule has 1 fully saturated rings. The molecule has 0 unspecified atom stereocenters. The number of benzene rings is 2. The lowest BCUT2D eigenvalue weighted by Gasteiger charge is -2.36. The normalized spacial score (nSPS) is 14.5. The summed E-state index contributed by atoms with van der Waals surface area (Å²) < 4.78 is 41.6. The van der Waals surface area contributed by atoms with Gasteiger partial charge in [0.1, 0.15) is 12.1 Å². The van der Waals surface area contributed by atoms with Gasteiger partial charge in [-0.25, -0.2) is 14.6 Å². The number of piperazine rings is 1. The second-order valence-electron chi connectivity index (χ2n) is 7.73. The van der Waals surface area contributed by atoms with Crippen LogP contribution in [0.15, 0.2) is 79.1 Å². The average Bonchev–Trinajstić information content (AvgIpc) is 3.32. The van der Waals surface area contributed by atoms with Crippen LogP contribution in [0.5, 0.6) is 0 Å². The number of anilines is 2. The Morgan fingerprint density at radius 1 is 0.697 bits per heavy atom. The van der Waals surface area contributed by atoms with Crippen molar-refractivity contribution in [3.63, 3.8) is 0 Å². The van der Waals surface area contributed by atoms with Crippen molar-refractivity contribution in [3.05, 3.63) is 84.8 Å². The Balaban J connectivity index is 1.43. The van der Waals surface area contributed by atoms with Gasteiger partial charge in [-0.1, -0.05) is 48.5 Å². The maximum atomic E-state index is 13.4. The molecular weight excluding hydrogens is 429 g/mol. The van der Waals surface area contributed by atoms with E-state index in [0.29, 0.717) is 22.9 Å². The van der Waals surface area contributed by atoms with Crippen LogP contribution < -0.4 is 9.80 Å². The minimum Gasteiger partial charge on any atom is -0.368 e. The smallest absolute Gasteiger partial charge is 0.368 e. The van der Waals surface area contributed by atoms with Crippen molar-refractivity contribution in [3.8, 4) is 17.1 Å². The molecule has 33 heavy (non-hydrogen) atoms. The van der Waals surface area contributed by atoms with Crippen molar-refractivity contribution in [2.24, 2.45) is 0 Å². The fourth-order valence-electron chi connectivity index (χ4n) is 3.97. The summed E-state index contributed by atoms with van der Waals surface area (Å²) in [5.74, 6) is 0.954. The summed E-state index contributed by atoms with van der Waals surface area (Å²) in [7, 11) is 0. The number of para-hydroxylation sites is 1. The third-order valence-corrected chi connectivity index (χ3v) is 5.65. The minimum absolute atomic E-state index is 0.292. The highest BCUT2D eigenvalue weighted by atomic mass is 19.4. The van der Waals surface area contributed by atoms with Crippen LogP contribution in [0.1, 0.15) is 5.69 Å². The first kappa shape index (κ1) is 21.0. The highest BCUT2D eigenvalue weighted by Crippen LogP contribution is 2.33. The number of halogens is 3. The van der Waals surface area contributed by atoms with Gasteiger partial charge in [-0.05, 0) is 18.2 Å². The average molecular weight is 450 g/mol. The molecule has 9 heteroatoms. The highest BCUT2D eigenvalue weighted by Gasteiger charge is 2.35. The summed E-state index contributed by atoms with van der Waals surface area (Å²) in [6, 6.07) is 21.8. The molecule has 1 saturated heterocycles. The van der Waals surface area contributed by atoms with E-state index < -0.39 is 11.9 Å². The first-order chi connectivity index (χ1) is 16.0. The fraction of sp³-hybridized carbons (Fsp3) is 0.208. The molecule has 2 aromatic carbocycles. The van der Waals surface area contributed by atoms with Crippen LogP contribution in [0, 0.1) is 0 Å². The van der Waals surface area contributed by atoms with E-state index in [0.717, 1.165) is 32.2 Å². The lowest BCUT2D eigenvalue weighted by molar-refractivity contribution is -0.141. The number of hydrogen-bond donors (Lipinski definition) is 0. The topological polar surface area (TPSA) is 50.1 Å². The van der Waals surface area contributed by atoms with Gasteiger partial charge in [-0.15, -0.1) is 0 Å². The van der Waals surface area contributed by atoms with Gasteiger partial charge in [-0.2, -0.15) is 18.3 Å². The van der Waals surface area contributed by atoms with Crippen molar-refractivity contribution in [1.29, 1.82) is 0 Å². The summed E-state index contributed by atoms with van der Waals surface area (Å²) in [6.07, 6.45) is -3.18. The molecule has 0 radical (unpaired) electrons. The predicted octanol–water partition coefficient (Wildman–Crippen LogP) is 4.67. The van der Waals surface area contributed by atoms with Gasteiger partial charge in [0.2, 0.25) is 0 Å². The largest absolute Gasteiger partial charge is 0.435 e. The lowest BCUT2D eigenvalue weighted by Crippen LogP contribution is -2.46. The summed E-state index contributed by atoms with van der Waals surface area (Å²) in [4.78, 5) is 13.0. The van der Waals surface area contributed by atoms with Gasteiger partial charge >= 0.3 is 6.18 Å². The van der Waals surface area contributed by atoms with Crippen LogP contribution in [-0.4, -0.2) is 45.9 Å². The third-order valence-electron chi connectivity index (χ3n) is 5.65. The van der Waals surface area contributed by atoms with E-state index in [1.807, 2.05) is 24.3 Å². The van der Waals surface area contributed by atoms with Crippen molar-refractivity contribution in [2.45, 2.75) is 6.18 Å². The number of hydrogen-bond acceptors (Lipinski definition) is 5. The molecule has 0 bridgehead atoms. The molecule has 0 spiro atoms. The molecule has 0 amide bonds. The summed E-state index contributed by atoms with van der Waals surface area (Å²) in [6.45, 7) is 3.12. The van der Waals surface area contributed by atoms with Crippen LogP contribution in [0.3, 0.4) is 0 Å². The molecule has 4 aromatic rings. The molecule has 1 aliphatic rings. The lowest BCUT2D eigenvalue weighted by atomic mass is 10.1. The van der Waals surface area contributed by atoms with Gasteiger partial charge in [0, 0.05) is 43.5 Å². The maximum absolute atomic E-state index is 13.4. The monoisotopic (exact) mass is 450 g/mol. The van der Waals surface area contributed by atoms with E-state index in [1.54, 1.807) is 30.3 Å². The number of aromatic nitrogens is 4. The molecule has 6 nitrogen and oxygen atoms in total. The Hall–Kier alpha value is -3.88. The van der Waals surface area contributed by atoms with Crippen LogP contribution >= 0.6 is 0 Å². The van der Waals surface area contributed by atoms with E-state index in [4.69, 9.17) is 0 Å². The zero-order valence-electron chi connectivity index (χ0n) is 17.7. The summed E-state index contributed by atoms with van der Waals surface area (Å²) >= 11 is 0. The SMILES string of the molecule is FC(F)(F)c1cc(-c2ccccc2)n(-c2cc(N3CCN(c4ccccc4)CC3)ncn2)n1. The Bertz CT molecular complexity index is 1220. The first-order valence-corrected chi connectivity index (χ1v) is 10.6. The molecule has 168 valence electrons. The highest BCUT2D eigenvalue weighted by molar-refractivity contribution is 5.63. The second kappa shape index (κ2) is 8.57. The molecular formula is C24H21F3N6. The number of alkyl halides is 3. The van der Waals surface area contributed by atoms with Crippen LogP contribution in [0.2, 0.25) is 0 Å². The molecule has 5 rings (SSSR count). The Labute approximate surface area is 188 Å². The van der Waals surface area contributed by atoms with E-state index in [9.17, 15) is 13.2 Å². The van der Waals surface area contributed by atoms with Crippen LogP contribution in [0.25, 0.3) is 17.1 Å². The van der Waals surface area contributed by atoms with Gasteiger partial charge < -0.3 is 9.80 Å². The van der Waals surface area contributed by atoms with E-state index in [1.165, 1.54) is 16.7 Å². The van der Waals surface area contributed by atoms with Gasteiger partial charge in [0.05, 0.1) is 5.69 Å². The van der Waals surface area contributed by atoms with E-state index in [2.05, 4.69) is 37.0 Å². The quantitative estimate of drug-likeness (QED) is 0.452. The zero-order valence-corrected chi connectivity index (χ0v) is 17.7. The second-order valence-corrected chi connectivity index (χ2v) is 7.73. The molecule has 0 saturated carbocycles.